The summed E-state index contributed by atoms with van der Waals surface area (Å²) in [7, 11) is 0. The van der Waals surface area contributed by atoms with E-state index in [9.17, 15) is 5.11 Å². The van der Waals surface area contributed by atoms with Crippen LogP contribution in [0.25, 0.3) is 0 Å². The van der Waals surface area contributed by atoms with Crippen LogP contribution in [0.1, 0.15) is 26.7 Å². The van der Waals surface area contributed by atoms with Crippen molar-refractivity contribution in [1.29, 1.82) is 0 Å². The zero-order chi connectivity index (χ0) is 8.91. The van der Waals surface area contributed by atoms with E-state index in [0.717, 1.165) is 12.8 Å². The van der Waals surface area contributed by atoms with Crippen LogP contribution in [0, 0.1) is 5.92 Å². The molecule has 0 aliphatic heterocycles. The number of hydrogen-bond donors (Lipinski definition) is 1. The molecule has 0 amide bonds. The summed E-state index contributed by atoms with van der Waals surface area (Å²) in [6, 6.07) is 0. The van der Waals surface area contributed by atoms with Crippen molar-refractivity contribution in [3.05, 3.63) is 25.3 Å². The minimum absolute atomic E-state index is 0.222. The molecule has 0 spiro atoms. The number of allylic oxidation sites excluding steroid dienone is 1. The van der Waals surface area contributed by atoms with Crippen LogP contribution in [0.2, 0.25) is 0 Å². The molecular formula is C10H18O. The molecule has 0 aliphatic carbocycles. The number of aliphatic hydroxyl groups is 1. The van der Waals surface area contributed by atoms with Gasteiger partial charge in [-0.3, -0.25) is 0 Å². The Labute approximate surface area is 69.4 Å². The fourth-order valence-corrected chi connectivity index (χ4v) is 0.960. The lowest BCUT2D eigenvalue weighted by Crippen LogP contribution is -2.31. The van der Waals surface area contributed by atoms with E-state index in [1.165, 1.54) is 0 Å². The predicted octanol–water partition coefficient (Wildman–Crippen LogP) is 2.53. The van der Waals surface area contributed by atoms with Crippen molar-refractivity contribution in [2.24, 2.45) is 5.92 Å². The molecule has 0 saturated heterocycles. The third kappa shape index (κ3) is 2.89. The average Bonchev–Trinajstić information content (AvgIpc) is 2.00. The first-order chi connectivity index (χ1) is 5.06. The first-order valence-corrected chi connectivity index (χ1v) is 4.03. The normalized spacial score (nSPS) is 16.0. The standard InChI is InChI=1S/C10H18O/c1-5-7-8-10(11,6-2)9(3)4/h5-6,9,11H,1-2,7-8H2,3-4H3. The van der Waals surface area contributed by atoms with E-state index in [0.29, 0.717) is 0 Å². The Balaban J connectivity index is 4.09. The lowest BCUT2D eigenvalue weighted by molar-refractivity contribution is 0.0361. The van der Waals surface area contributed by atoms with Gasteiger partial charge < -0.3 is 5.11 Å². The summed E-state index contributed by atoms with van der Waals surface area (Å²) in [6.07, 6.45) is 5.00. The van der Waals surface area contributed by atoms with Gasteiger partial charge in [0.05, 0.1) is 5.60 Å². The van der Waals surface area contributed by atoms with Crippen molar-refractivity contribution >= 4 is 0 Å². The first-order valence-electron chi connectivity index (χ1n) is 4.03. The van der Waals surface area contributed by atoms with Crippen molar-refractivity contribution in [2.75, 3.05) is 0 Å². The highest BCUT2D eigenvalue weighted by atomic mass is 16.3. The molecule has 0 aromatic carbocycles. The van der Waals surface area contributed by atoms with Gasteiger partial charge in [0.1, 0.15) is 0 Å². The van der Waals surface area contributed by atoms with E-state index in [2.05, 4.69) is 13.2 Å². The zero-order valence-electron chi connectivity index (χ0n) is 7.51. The van der Waals surface area contributed by atoms with E-state index in [1.54, 1.807) is 6.08 Å². The molecule has 0 aromatic heterocycles. The van der Waals surface area contributed by atoms with Crippen LogP contribution < -0.4 is 0 Å². The van der Waals surface area contributed by atoms with Gasteiger partial charge in [0.25, 0.3) is 0 Å². The van der Waals surface area contributed by atoms with Crippen molar-refractivity contribution in [3.63, 3.8) is 0 Å². The highest BCUT2D eigenvalue weighted by Crippen LogP contribution is 2.23. The SMILES string of the molecule is C=CCCC(O)(C=C)C(C)C. The Hall–Kier alpha value is -0.560. The molecule has 0 saturated carbocycles. The van der Waals surface area contributed by atoms with Crippen molar-refractivity contribution < 1.29 is 5.11 Å². The highest BCUT2D eigenvalue weighted by molar-refractivity contribution is 4.98. The van der Waals surface area contributed by atoms with Gasteiger partial charge in [0.15, 0.2) is 0 Å². The topological polar surface area (TPSA) is 20.2 Å². The fraction of sp³-hybridized carbons (Fsp3) is 0.600. The van der Waals surface area contributed by atoms with E-state index in [4.69, 9.17) is 0 Å². The molecule has 0 radical (unpaired) electrons. The van der Waals surface area contributed by atoms with E-state index in [1.807, 2.05) is 19.9 Å². The summed E-state index contributed by atoms with van der Waals surface area (Å²) < 4.78 is 0. The van der Waals surface area contributed by atoms with Gasteiger partial charge in [-0.1, -0.05) is 26.0 Å². The van der Waals surface area contributed by atoms with Crippen LogP contribution in [-0.4, -0.2) is 10.7 Å². The van der Waals surface area contributed by atoms with Crippen molar-refractivity contribution in [3.8, 4) is 0 Å². The lowest BCUT2D eigenvalue weighted by atomic mass is 9.86. The van der Waals surface area contributed by atoms with Gasteiger partial charge in [-0.2, -0.15) is 0 Å². The van der Waals surface area contributed by atoms with Crippen LogP contribution in [-0.2, 0) is 0 Å². The second-order valence-corrected chi connectivity index (χ2v) is 3.18. The third-order valence-corrected chi connectivity index (χ3v) is 2.10. The van der Waals surface area contributed by atoms with Crippen LogP contribution in [0.15, 0.2) is 25.3 Å². The summed E-state index contributed by atoms with van der Waals surface area (Å²) in [5.74, 6) is 0.222. The van der Waals surface area contributed by atoms with Crippen molar-refractivity contribution in [2.45, 2.75) is 32.3 Å². The maximum Gasteiger partial charge on any atom is 0.0850 e. The maximum absolute atomic E-state index is 9.86. The molecule has 0 aromatic rings. The summed E-state index contributed by atoms with van der Waals surface area (Å²) in [5.41, 5.74) is -0.714. The van der Waals surface area contributed by atoms with Crippen LogP contribution in [0.3, 0.4) is 0 Å². The Bertz CT molecular complexity index is 138. The van der Waals surface area contributed by atoms with Crippen LogP contribution in [0.5, 0.6) is 0 Å². The molecule has 1 heteroatoms. The second kappa shape index (κ2) is 4.35. The molecule has 0 heterocycles. The summed E-state index contributed by atoms with van der Waals surface area (Å²) in [5, 5.41) is 9.86. The van der Waals surface area contributed by atoms with Crippen LogP contribution >= 0.6 is 0 Å². The van der Waals surface area contributed by atoms with Gasteiger partial charge in [0.2, 0.25) is 0 Å². The molecule has 1 unspecified atom stereocenters. The van der Waals surface area contributed by atoms with Gasteiger partial charge in [-0.25, -0.2) is 0 Å². The van der Waals surface area contributed by atoms with Gasteiger partial charge in [0, 0.05) is 0 Å². The number of hydrogen-bond acceptors (Lipinski definition) is 1. The molecule has 0 bridgehead atoms. The Kier molecular flexibility index (Phi) is 4.12. The number of rotatable bonds is 5. The molecule has 1 nitrogen and oxygen atoms in total. The third-order valence-electron chi connectivity index (χ3n) is 2.10. The average molecular weight is 154 g/mol. The summed E-state index contributed by atoms with van der Waals surface area (Å²) in [6.45, 7) is 11.2. The van der Waals surface area contributed by atoms with Gasteiger partial charge in [-0.05, 0) is 18.8 Å². The first kappa shape index (κ1) is 10.4. The molecule has 64 valence electrons. The Morgan fingerprint density at radius 1 is 1.45 bits per heavy atom. The second-order valence-electron chi connectivity index (χ2n) is 3.18. The molecule has 0 aliphatic rings. The minimum atomic E-state index is -0.714. The quantitative estimate of drug-likeness (QED) is 0.603. The molecular weight excluding hydrogens is 136 g/mol. The molecule has 1 N–H and O–H groups in total. The Morgan fingerprint density at radius 2 is 2.00 bits per heavy atom. The minimum Gasteiger partial charge on any atom is -0.386 e. The smallest absolute Gasteiger partial charge is 0.0850 e. The van der Waals surface area contributed by atoms with E-state index < -0.39 is 5.60 Å². The molecule has 11 heavy (non-hydrogen) atoms. The van der Waals surface area contributed by atoms with E-state index in [-0.39, 0.29) is 5.92 Å². The van der Waals surface area contributed by atoms with Crippen molar-refractivity contribution in [1.82, 2.24) is 0 Å². The predicted molar refractivity (Wildman–Crippen MR) is 49.4 cm³/mol. The molecule has 0 fully saturated rings. The fourth-order valence-electron chi connectivity index (χ4n) is 0.960. The zero-order valence-corrected chi connectivity index (χ0v) is 7.51. The summed E-state index contributed by atoms with van der Waals surface area (Å²) >= 11 is 0. The van der Waals surface area contributed by atoms with Gasteiger partial charge >= 0.3 is 0 Å². The molecule has 0 rings (SSSR count). The lowest BCUT2D eigenvalue weighted by Gasteiger charge is -2.28. The van der Waals surface area contributed by atoms with E-state index >= 15 is 0 Å². The Morgan fingerprint density at radius 3 is 2.27 bits per heavy atom. The van der Waals surface area contributed by atoms with Crippen LogP contribution in [0.4, 0.5) is 0 Å². The maximum atomic E-state index is 9.86. The largest absolute Gasteiger partial charge is 0.386 e. The molecule has 1 atom stereocenters. The monoisotopic (exact) mass is 154 g/mol. The summed E-state index contributed by atoms with van der Waals surface area (Å²) in [4.78, 5) is 0. The highest BCUT2D eigenvalue weighted by Gasteiger charge is 2.25. The van der Waals surface area contributed by atoms with Gasteiger partial charge in [-0.15, -0.1) is 13.2 Å².